The Morgan fingerprint density at radius 1 is 1.39 bits per heavy atom. The van der Waals surface area contributed by atoms with Crippen LogP contribution in [0.25, 0.3) is 6.08 Å². The molecule has 2 aromatic rings. The Labute approximate surface area is 138 Å². The van der Waals surface area contributed by atoms with Gasteiger partial charge in [0.15, 0.2) is 0 Å². The van der Waals surface area contributed by atoms with Crippen molar-refractivity contribution in [2.45, 2.75) is 18.1 Å². The number of hydrogen-bond donors (Lipinski definition) is 2. The number of hydrogen-bond acceptors (Lipinski definition) is 5. The number of rotatable bonds is 4. The average Bonchev–Trinajstić information content (AvgIpc) is 2.95. The molecule has 0 saturated heterocycles. The lowest BCUT2D eigenvalue weighted by Crippen LogP contribution is -2.30. The summed E-state index contributed by atoms with van der Waals surface area (Å²) in [7, 11) is 0. The van der Waals surface area contributed by atoms with Gasteiger partial charge in [0.1, 0.15) is 6.04 Å². The lowest BCUT2D eigenvalue weighted by molar-refractivity contribution is -0.115. The van der Waals surface area contributed by atoms with Crippen LogP contribution >= 0.6 is 11.8 Å². The van der Waals surface area contributed by atoms with Crippen LogP contribution in [0.4, 0.5) is 5.95 Å². The van der Waals surface area contributed by atoms with Gasteiger partial charge in [-0.15, -0.1) is 5.10 Å². The molecule has 2 heterocycles. The zero-order valence-electron chi connectivity index (χ0n) is 12.9. The standard InChI is InChI=1S/C16H17N5OS/c1-10-13(14(17)22)12(9-8-11-6-4-3-5-7-11)21-15(18-10)19-16(20-21)23-2/h3-9,12H,1-2H3,(H2,17,22)(H,18,19,20)/b9-8+/t12-/m1/s1. The van der Waals surface area contributed by atoms with Crippen molar-refractivity contribution in [3.63, 3.8) is 0 Å². The summed E-state index contributed by atoms with van der Waals surface area (Å²) >= 11 is 1.45. The van der Waals surface area contributed by atoms with Crippen molar-refractivity contribution in [1.82, 2.24) is 14.8 Å². The van der Waals surface area contributed by atoms with Gasteiger partial charge in [0.2, 0.25) is 17.0 Å². The van der Waals surface area contributed by atoms with Crippen molar-refractivity contribution < 1.29 is 4.79 Å². The third kappa shape index (κ3) is 3.00. The van der Waals surface area contributed by atoms with Crippen LogP contribution in [0.1, 0.15) is 18.5 Å². The molecule has 3 rings (SSSR count). The van der Waals surface area contributed by atoms with Crippen molar-refractivity contribution in [1.29, 1.82) is 0 Å². The molecule has 1 aliphatic heterocycles. The summed E-state index contributed by atoms with van der Waals surface area (Å²) in [5.74, 6) is 0.143. The second-order valence-electron chi connectivity index (χ2n) is 5.11. The highest BCUT2D eigenvalue weighted by atomic mass is 32.2. The normalized spacial score (nSPS) is 17.2. The smallest absolute Gasteiger partial charge is 0.248 e. The maximum atomic E-state index is 11.9. The Kier molecular flexibility index (Phi) is 4.20. The van der Waals surface area contributed by atoms with Crippen LogP contribution in [0.15, 0.2) is 52.8 Å². The molecule has 3 N–H and O–H groups in total. The fourth-order valence-electron chi connectivity index (χ4n) is 2.52. The monoisotopic (exact) mass is 327 g/mol. The molecule has 0 unspecified atom stereocenters. The summed E-state index contributed by atoms with van der Waals surface area (Å²) in [5, 5.41) is 8.18. The molecule has 23 heavy (non-hydrogen) atoms. The Balaban J connectivity index is 2.04. The van der Waals surface area contributed by atoms with E-state index >= 15 is 0 Å². The van der Waals surface area contributed by atoms with Crippen LogP contribution in [-0.4, -0.2) is 26.9 Å². The second kappa shape index (κ2) is 6.29. The maximum Gasteiger partial charge on any atom is 0.248 e. The van der Waals surface area contributed by atoms with E-state index in [-0.39, 0.29) is 6.04 Å². The van der Waals surface area contributed by atoms with Gasteiger partial charge in [-0.3, -0.25) is 4.79 Å². The summed E-state index contributed by atoms with van der Waals surface area (Å²) in [6.45, 7) is 1.82. The SMILES string of the molecule is CSc1nc2n(n1)[C@H](/C=C/c1ccccc1)C(C(N)=O)=C(C)N2. The van der Waals surface area contributed by atoms with Crippen molar-refractivity contribution in [2.24, 2.45) is 5.73 Å². The van der Waals surface area contributed by atoms with Crippen LogP contribution in [0, 0.1) is 0 Å². The van der Waals surface area contributed by atoms with Gasteiger partial charge in [-0.25, -0.2) is 4.68 Å². The third-order valence-corrected chi connectivity index (χ3v) is 4.13. The third-order valence-electron chi connectivity index (χ3n) is 3.59. The zero-order valence-corrected chi connectivity index (χ0v) is 13.7. The predicted molar refractivity (Wildman–Crippen MR) is 91.8 cm³/mol. The van der Waals surface area contributed by atoms with E-state index in [4.69, 9.17) is 5.73 Å². The summed E-state index contributed by atoms with van der Waals surface area (Å²) < 4.78 is 1.69. The number of fused-ring (bicyclic) bond motifs is 1. The van der Waals surface area contributed by atoms with Crippen molar-refractivity contribution in [3.05, 3.63) is 53.2 Å². The van der Waals surface area contributed by atoms with Crippen LogP contribution < -0.4 is 11.1 Å². The first kappa shape index (κ1) is 15.4. The fraction of sp³-hybridized carbons (Fsp3) is 0.188. The Hall–Kier alpha value is -2.54. The zero-order chi connectivity index (χ0) is 16.4. The van der Waals surface area contributed by atoms with Gasteiger partial charge >= 0.3 is 0 Å². The van der Waals surface area contributed by atoms with Crippen LogP contribution in [0.5, 0.6) is 0 Å². The van der Waals surface area contributed by atoms with Crippen LogP contribution in [-0.2, 0) is 4.79 Å². The first-order valence-corrected chi connectivity index (χ1v) is 8.34. The number of nitrogens with zero attached hydrogens (tertiary/aromatic N) is 3. The average molecular weight is 327 g/mol. The molecule has 6 nitrogen and oxygen atoms in total. The van der Waals surface area contributed by atoms with Crippen molar-refractivity contribution >= 4 is 29.7 Å². The van der Waals surface area contributed by atoms with Gasteiger partial charge in [-0.1, -0.05) is 54.2 Å². The van der Waals surface area contributed by atoms with E-state index in [9.17, 15) is 4.79 Å². The van der Waals surface area contributed by atoms with Crippen LogP contribution in [0.3, 0.4) is 0 Å². The number of carbonyl (C=O) groups is 1. The van der Waals surface area contributed by atoms with Crippen molar-refractivity contribution in [2.75, 3.05) is 11.6 Å². The minimum absolute atomic E-state index is 0.377. The molecular formula is C16H17N5OS. The van der Waals surface area contributed by atoms with Crippen LogP contribution in [0.2, 0.25) is 0 Å². The topological polar surface area (TPSA) is 85.8 Å². The number of allylic oxidation sites excluding steroid dienone is 2. The number of nitrogens with two attached hydrogens (primary N) is 1. The van der Waals surface area contributed by atoms with Gasteiger partial charge in [0, 0.05) is 5.70 Å². The van der Waals surface area contributed by atoms with E-state index in [1.165, 1.54) is 11.8 Å². The molecule has 1 aliphatic rings. The van der Waals surface area contributed by atoms with E-state index in [2.05, 4.69) is 15.4 Å². The molecule has 0 radical (unpaired) electrons. The van der Waals surface area contributed by atoms with E-state index in [0.29, 0.717) is 22.4 Å². The minimum Gasteiger partial charge on any atom is -0.366 e. The summed E-state index contributed by atoms with van der Waals surface area (Å²) in [6.07, 6.45) is 5.78. The molecule has 0 fully saturated rings. The van der Waals surface area contributed by atoms with E-state index in [1.54, 1.807) is 4.68 Å². The molecule has 1 atom stereocenters. The number of thioether (sulfide) groups is 1. The molecule has 0 saturated carbocycles. The number of nitrogens with one attached hydrogen (secondary N) is 1. The highest BCUT2D eigenvalue weighted by Gasteiger charge is 2.30. The molecule has 1 aromatic carbocycles. The summed E-state index contributed by atoms with van der Waals surface area (Å²) in [5.41, 5.74) is 7.81. The molecule has 1 amide bonds. The molecule has 7 heteroatoms. The molecule has 0 aliphatic carbocycles. The lowest BCUT2D eigenvalue weighted by Gasteiger charge is -2.25. The second-order valence-corrected chi connectivity index (χ2v) is 5.88. The Morgan fingerprint density at radius 3 is 2.78 bits per heavy atom. The molecule has 1 aromatic heterocycles. The van der Waals surface area contributed by atoms with Gasteiger partial charge in [-0.2, -0.15) is 4.98 Å². The molecule has 0 bridgehead atoms. The number of aromatic nitrogens is 3. The number of amides is 1. The highest BCUT2D eigenvalue weighted by Crippen LogP contribution is 2.32. The Morgan fingerprint density at radius 2 is 2.13 bits per heavy atom. The molecule has 0 spiro atoms. The number of carbonyl (C=O) groups excluding carboxylic acids is 1. The number of anilines is 1. The molecule has 118 valence electrons. The highest BCUT2D eigenvalue weighted by molar-refractivity contribution is 7.98. The summed E-state index contributed by atoms with van der Waals surface area (Å²) in [4.78, 5) is 16.3. The quantitative estimate of drug-likeness (QED) is 0.842. The predicted octanol–water partition coefficient (Wildman–Crippen LogP) is 2.44. The number of benzene rings is 1. The first-order chi connectivity index (χ1) is 11.1. The fourth-order valence-corrected chi connectivity index (χ4v) is 2.87. The van der Waals surface area contributed by atoms with E-state index in [1.807, 2.05) is 55.7 Å². The lowest BCUT2D eigenvalue weighted by atomic mass is 10.0. The van der Waals surface area contributed by atoms with E-state index in [0.717, 1.165) is 5.56 Å². The van der Waals surface area contributed by atoms with E-state index < -0.39 is 5.91 Å². The molecular weight excluding hydrogens is 310 g/mol. The van der Waals surface area contributed by atoms with Gasteiger partial charge < -0.3 is 11.1 Å². The largest absolute Gasteiger partial charge is 0.366 e. The Bertz CT molecular complexity index is 794. The van der Waals surface area contributed by atoms with Gasteiger partial charge in [-0.05, 0) is 18.7 Å². The van der Waals surface area contributed by atoms with Gasteiger partial charge in [0.05, 0.1) is 5.57 Å². The van der Waals surface area contributed by atoms with Crippen molar-refractivity contribution in [3.8, 4) is 0 Å². The first-order valence-electron chi connectivity index (χ1n) is 7.11. The summed E-state index contributed by atoms with van der Waals surface area (Å²) in [6, 6.07) is 9.50. The maximum absolute atomic E-state index is 11.9. The number of primary amides is 1. The van der Waals surface area contributed by atoms with Gasteiger partial charge in [0.25, 0.3) is 0 Å². The minimum atomic E-state index is -0.468.